The average molecular weight is 232 g/mol. The van der Waals surface area contributed by atoms with Gasteiger partial charge in [-0.25, -0.2) is 0 Å². The van der Waals surface area contributed by atoms with Crippen molar-refractivity contribution in [3.05, 3.63) is 35.4 Å². The number of benzene rings is 1. The van der Waals surface area contributed by atoms with Crippen molar-refractivity contribution in [3.63, 3.8) is 0 Å². The highest BCUT2D eigenvalue weighted by molar-refractivity contribution is 5.97. The van der Waals surface area contributed by atoms with Crippen molar-refractivity contribution in [1.82, 2.24) is 0 Å². The molecule has 0 heterocycles. The molecule has 16 heavy (non-hydrogen) atoms. The third-order valence-electron chi connectivity index (χ3n) is 1.82. The Balaban J connectivity index is 2.79. The number of ketones is 1. The summed E-state index contributed by atoms with van der Waals surface area (Å²) in [6, 6.07) is 3.68. The van der Waals surface area contributed by atoms with Crippen LogP contribution in [0.2, 0.25) is 0 Å². The minimum absolute atomic E-state index is 0.0647. The summed E-state index contributed by atoms with van der Waals surface area (Å²) >= 11 is 0. The third-order valence-corrected chi connectivity index (χ3v) is 1.82. The molecule has 0 saturated carbocycles. The van der Waals surface area contributed by atoms with Crippen LogP contribution in [0.1, 0.15) is 15.9 Å². The van der Waals surface area contributed by atoms with Crippen LogP contribution in [0.5, 0.6) is 0 Å². The van der Waals surface area contributed by atoms with E-state index < -0.39 is 24.1 Å². The van der Waals surface area contributed by atoms with Crippen LogP contribution in [-0.4, -0.2) is 18.9 Å². The van der Waals surface area contributed by atoms with Gasteiger partial charge in [0, 0.05) is 5.56 Å². The van der Waals surface area contributed by atoms with Gasteiger partial charge in [0.2, 0.25) is 0 Å². The molecular weight excluding hydrogens is 225 g/mol. The third kappa shape index (κ3) is 3.08. The fourth-order valence-electron chi connectivity index (χ4n) is 1.04. The van der Waals surface area contributed by atoms with Gasteiger partial charge in [0.1, 0.15) is 0 Å². The van der Waals surface area contributed by atoms with Crippen LogP contribution in [-0.2, 0) is 15.7 Å². The summed E-state index contributed by atoms with van der Waals surface area (Å²) in [5.41, 5.74) is -0.768. The zero-order valence-electron chi connectivity index (χ0n) is 7.95. The van der Waals surface area contributed by atoms with Crippen LogP contribution in [0.3, 0.4) is 0 Å². The highest BCUT2D eigenvalue weighted by Gasteiger charge is 2.30. The predicted octanol–water partition coefficient (Wildman–Crippen LogP) is 2.06. The largest absolute Gasteiger partial charge is 0.459 e. The van der Waals surface area contributed by atoms with Crippen molar-refractivity contribution in [2.75, 3.05) is 6.61 Å². The topological polar surface area (TPSA) is 43.4 Å². The van der Waals surface area contributed by atoms with Crippen molar-refractivity contribution in [2.45, 2.75) is 6.18 Å². The van der Waals surface area contributed by atoms with Crippen LogP contribution in [0.4, 0.5) is 13.2 Å². The quantitative estimate of drug-likeness (QED) is 0.589. The number of carbonyl (C=O) groups excluding carboxylic acids is 2. The van der Waals surface area contributed by atoms with Crippen LogP contribution >= 0.6 is 0 Å². The maximum absolute atomic E-state index is 12.2. The molecule has 1 aromatic carbocycles. The molecule has 0 spiro atoms. The molecule has 0 unspecified atom stereocenters. The average Bonchev–Trinajstić information content (AvgIpc) is 2.25. The Bertz CT molecular complexity index is 381. The van der Waals surface area contributed by atoms with Crippen molar-refractivity contribution in [3.8, 4) is 0 Å². The normalized spacial score (nSPS) is 10.9. The molecule has 0 amide bonds. The molecule has 0 radical (unpaired) electrons. The fourth-order valence-corrected chi connectivity index (χ4v) is 1.04. The van der Waals surface area contributed by atoms with Crippen molar-refractivity contribution >= 4 is 12.3 Å². The molecule has 3 nitrogen and oxygen atoms in total. The van der Waals surface area contributed by atoms with Crippen LogP contribution in [0, 0.1) is 0 Å². The van der Waals surface area contributed by atoms with Crippen molar-refractivity contribution in [2.24, 2.45) is 0 Å². The van der Waals surface area contributed by atoms with E-state index in [1.807, 2.05) is 0 Å². The molecule has 6 heteroatoms. The van der Waals surface area contributed by atoms with Gasteiger partial charge in [0.15, 0.2) is 12.4 Å². The molecule has 0 N–H and O–H groups in total. The second-order valence-corrected chi connectivity index (χ2v) is 2.91. The van der Waals surface area contributed by atoms with Gasteiger partial charge in [0.25, 0.3) is 6.47 Å². The minimum atomic E-state index is -4.43. The minimum Gasteiger partial charge on any atom is -0.459 e. The second-order valence-electron chi connectivity index (χ2n) is 2.91. The van der Waals surface area contributed by atoms with Crippen molar-refractivity contribution < 1.29 is 27.5 Å². The second kappa shape index (κ2) is 4.78. The molecule has 0 aliphatic carbocycles. The molecule has 0 aliphatic heterocycles. The summed E-state index contributed by atoms with van der Waals surface area (Å²) in [5, 5.41) is 0. The van der Waals surface area contributed by atoms with Gasteiger partial charge >= 0.3 is 6.18 Å². The number of carbonyl (C=O) groups is 2. The smallest absolute Gasteiger partial charge is 0.416 e. The molecule has 0 atom stereocenters. The van der Waals surface area contributed by atoms with E-state index in [0.717, 1.165) is 24.3 Å². The summed E-state index contributed by atoms with van der Waals surface area (Å²) in [7, 11) is 0. The number of halogens is 3. The van der Waals surface area contributed by atoms with E-state index in [1.165, 1.54) is 0 Å². The molecule has 1 aromatic rings. The van der Waals surface area contributed by atoms with E-state index >= 15 is 0 Å². The van der Waals surface area contributed by atoms with Gasteiger partial charge in [-0.05, 0) is 12.1 Å². The summed E-state index contributed by atoms with van der Waals surface area (Å²) in [6.07, 6.45) is -4.43. The Morgan fingerprint density at radius 2 is 1.81 bits per heavy atom. The monoisotopic (exact) mass is 232 g/mol. The molecule has 0 aromatic heterocycles. The zero-order valence-corrected chi connectivity index (χ0v) is 7.95. The first kappa shape index (κ1) is 12.2. The van der Waals surface area contributed by atoms with E-state index in [4.69, 9.17) is 0 Å². The fraction of sp³-hybridized carbons (Fsp3) is 0.200. The number of hydrogen-bond acceptors (Lipinski definition) is 3. The van der Waals surface area contributed by atoms with E-state index in [0.29, 0.717) is 0 Å². The van der Waals surface area contributed by atoms with E-state index in [2.05, 4.69) is 4.74 Å². The Kier molecular flexibility index (Phi) is 3.65. The number of alkyl halides is 3. The lowest BCUT2D eigenvalue weighted by molar-refractivity contribution is -0.137. The van der Waals surface area contributed by atoms with Crippen LogP contribution in [0.15, 0.2) is 24.3 Å². The molecule has 0 fully saturated rings. The lowest BCUT2D eigenvalue weighted by Gasteiger charge is -2.06. The number of Topliss-reactive ketones (excluding diaryl/α,β-unsaturated/α-hetero) is 1. The summed E-state index contributed by atoms with van der Waals surface area (Å²) in [5.74, 6) is -0.555. The molecular formula is C10H7F3O3. The first-order valence-corrected chi connectivity index (χ1v) is 4.21. The molecule has 0 saturated heterocycles. The summed E-state index contributed by atoms with van der Waals surface area (Å²) in [4.78, 5) is 21.0. The Morgan fingerprint density at radius 1 is 1.25 bits per heavy atom. The van der Waals surface area contributed by atoms with Crippen LogP contribution in [0.25, 0.3) is 0 Å². The highest BCUT2D eigenvalue weighted by atomic mass is 19.4. The lowest BCUT2D eigenvalue weighted by atomic mass is 10.1. The zero-order chi connectivity index (χ0) is 12.2. The number of hydrogen-bond donors (Lipinski definition) is 0. The van der Waals surface area contributed by atoms with Crippen molar-refractivity contribution in [1.29, 1.82) is 0 Å². The van der Waals surface area contributed by atoms with Gasteiger partial charge < -0.3 is 4.74 Å². The Morgan fingerprint density at radius 3 is 2.25 bits per heavy atom. The van der Waals surface area contributed by atoms with Crippen LogP contribution < -0.4 is 0 Å². The van der Waals surface area contributed by atoms with E-state index in [1.54, 1.807) is 0 Å². The SMILES string of the molecule is O=COCC(=O)c1ccc(C(F)(F)F)cc1. The summed E-state index contributed by atoms with van der Waals surface area (Å²) in [6.45, 7) is -0.378. The lowest BCUT2D eigenvalue weighted by Crippen LogP contribution is -2.09. The van der Waals surface area contributed by atoms with Gasteiger partial charge in [-0.1, -0.05) is 12.1 Å². The van der Waals surface area contributed by atoms with Gasteiger partial charge in [-0.3, -0.25) is 9.59 Å². The molecule has 0 aliphatic rings. The first-order valence-electron chi connectivity index (χ1n) is 4.21. The standard InChI is InChI=1S/C10H7F3O3/c11-10(12,13)8-3-1-7(2-4-8)9(15)5-16-6-14/h1-4,6H,5H2. The predicted molar refractivity (Wildman–Crippen MR) is 47.8 cm³/mol. The maximum atomic E-state index is 12.2. The Labute approximate surface area is 88.8 Å². The Hall–Kier alpha value is -1.85. The maximum Gasteiger partial charge on any atom is 0.416 e. The molecule has 86 valence electrons. The molecule has 1 rings (SSSR count). The van der Waals surface area contributed by atoms with Gasteiger partial charge in [0.05, 0.1) is 5.56 Å². The highest BCUT2D eigenvalue weighted by Crippen LogP contribution is 2.29. The van der Waals surface area contributed by atoms with E-state index in [-0.39, 0.29) is 12.0 Å². The summed E-state index contributed by atoms with van der Waals surface area (Å²) < 4.78 is 40.7. The number of rotatable bonds is 4. The first-order chi connectivity index (χ1) is 7.45. The van der Waals surface area contributed by atoms with E-state index in [9.17, 15) is 22.8 Å². The van der Waals surface area contributed by atoms with Gasteiger partial charge in [-0.15, -0.1) is 0 Å². The number of ether oxygens (including phenoxy) is 1. The molecule has 0 bridgehead atoms. The van der Waals surface area contributed by atoms with Gasteiger partial charge in [-0.2, -0.15) is 13.2 Å².